The molecule has 0 saturated carbocycles. The summed E-state index contributed by atoms with van der Waals surface area (Å²) in [7, 11) is 0. The van der Waals surface area contributed by atoms with Gasteiger partial charge in [-0.1, -0.05) is 65.7 Å². The highest BCUT2D eigenvalue weighted by molar-refractivity contribution is 6.33. The summed E-state index contributed by atoms with van der Waals surface area (Å²) in [5.74, 6) is -0.511. The molecule has 0 fully saturated rings. The van der Waals surface area contributed by atoms with Crippen LogP contribution in [0.1, 0.15) is 33.8 Å². The first-order valence-corrected chi connectivity index (χ1v) is 13.2. The van der Waals surface area contributed by atoms with Gasteiger partial charge in [-0.25, -0.2) is 0 Å². The van der Waals surface area contributed by atoms with Crippen molar-refractivity contribution in [2.45, 2.75) is 18.8 Å². The maximum Gasteiger partial charge on any atom is 0.311 e. The van der Waals surface area contributed by atoms with Crippen LogP contribution in [0, 0.1) is 0 Å². The number of ether oxygens (including phenoxy) is 2. The summed E-state index contributed by atoms with van der Waals surface area (Å²) < 4.78 is 11.5. The molecule has 0 spiro atoms. The molecule has 0 aromatic heterocycles. The number of carboxylic acid groups (broad SMARTS) is 1. The van der Waals surface area contributed by atoms with Crippen LogP contribution in [0.3, 0.4) is 0 Å². The number of rotatable bonds is 8. The van der Waals surface area contributed by atoms with Crippen molar-refractivity contribution in [2.24, 2.45) is 0 Å². The van der Waals surface area contributed by atoms with Gasteiger partial charge < -0.3 is 19.9 Å². The number of halogens is 2. The van der Waals surface area contributed by atoms with Gasteiger partial charge in [-0.2, -0.15) is 0 Å². The molecule has 5 rings (SSSR count). The van der Waals surface area contributed by atoms with Crippen LogP contribution in [0.4, 0.5) is 0 Å². The number of aliphatic carboxylic acids is 1. The third-order valence-corrected chi connectivity index (χ3v) is 7.17. The highest BCUT2D eigenvalue weighted by Crippen LogP contribution is 2.41. The Bertz CT molecular complexity index is 1510. The van der Waals surface area contributed by atoms with Gasteiger partial charge in [0.15, 0.2) is 0 Å². The number of carbonyl (C=O) groups is 2. The molecule has 39 heavy (non-hydrogen) atoms. The van der Waals surface area contributed by atoms with Gasteiger partial charge >= 0.3 is 5.97 Å². The molecule has 1 atom stereocenters. The Morgan fingerprint density at radius 2 is 1.72 bits per heavy atom. The van der Waals surface area contributed by atoms with E-state index in [1.165, 1.54) is 0 Å². The van der Waals surface area contributed by atoms with E-state index in [9.17, 15) is 14.7 Å². The molecule has 4 aromatic carbocycles. The fourth-order valence-corrected chi connectivity index (χ4v) is 5.04. The summed E-state index contributed by atoms with van der Waals surface area (Å²) in [5, 5.41) is 13.3. The fourth-order valence-electron chi connectivity index (χ4n) is 4.51. The van der Waals surface area contributed by atoms with Gasteiger partial charge in [0.2, 0.25) is 0 Å². The van der Waals surface area contributed by atoms with Gasteiger partial charge in [0.05, 0.1) is 17.5 Å². The quantitative estimate of drug-likeness (QED) is 0.234. The number of carboxylic acids is 1. The van der Waals surface area contributed by atoms with Crippen molar-refractivity contribution in [1.82, 2.24) is 5.32 Å². The summed E-state index contributed by atoms with van der Waals surface area (Å²) in [6.07, 6.45) is 1.03. The average molecular weight is 562 g/mol. The summed E-state index contributed by atoms with van der Waals surface area (Å²) >= 11 is 12.9. The highest BCUT2D eigenvalue weighted by atomic mass is 35.5. The predicted octanol–water partition coefficient (Wildman–Crippen LogP) is 7.38. The average Bonchev–Trinajstić information content (AvgIpc) is 2.94. The van der Waals surface area contributed by atoms with E-state index in [1.807, 2.05) is 48.5 Å². The lowest BCUT2D eigenvalue weighted by Crippen LogP contribution is -2.25. The normalized spacial score (nSPS) is 14.2. The van der Waals surface area contributed by atoms with Crippen LogP contribution in [0.15, 0.2) is 84.9 Å². The molecular formula is C31H25Cl2NO5. The molecule has 1 heterocycles. The summed E-state index contributed by atoms with van der Waals surface area (Å²) in [6.45, 7) is 0.765. The zero-order valence-electron chi connectivity index (χ0n) is 20.8. The summed E-state index contributed by atoms with van der Waals surface area (Å²) in [4.78, 5) is 24.2. The molecule has 0 aliphatic carbocycles. The smallest absolute Gasteiger partial charge is 0.311 e. The van der Waals surface area contributed by atoms with Gasteiger partial charge in [0.1, 0.15) is 17.2 Å². The van der Waals surface area contributed by atoms with Crippen LogP contribution >= 0.6 is 23.2 Å². The summed E-state index contributed by atoms with van der Waals surface area (Å²) in [5.41, 5.74) is 4.09. The standard InChI is InChI=1S/C31H25Cl2NO5/c32-26-16-19(6-11-23(26)20-4-2-1-3-5-20)12-14-34-30(35)21-7-9-22(10-8-21)39-29-18-28-25(17-27(29)33)24(31(36)37)13-15-38-28/h1-11,16-18,24H,12-15H2,(H,34,35)(H,36,37). The minimum absolute atomic E-state index is 0.200. The Kier molecular flexibility index (Phi) is 8.05. The zero-order valence-corrected chi connectivity index (χ0v) is 22.3. The molecule has 4 aromatic rings. The molecule has 0 radical (unpaired) electrons. The van der Waals surface area contributed by atoms with E-state index in [-0.39, 0.29) is 10.9 Å². The number of hydrogen-bond acceptors (Lipinski definition) is 4. The van der Waals surface area contributed by atoms with E-state index in [1.54, 1.807) is 36.4 Å². The van der Waals surface area contributed by atoms with Crippen molar-refractivity contribution in [2.75, 3.05) is 13.2 Å². The van der Waals surface area contributed by atoms with Crippen molar-refractivity contribution in [1.29, 1.82) is 0 Å². The molecule has 1 amide bonds. The van der Waals surface area contributed by atoms with Crippen LogP contribution < -0.4 is 14.8 Å². The topological polar surface area (TPSA) is 84.9 Å². The molecule has 198 valence electrons. The predicted molar refractivity (Wildman–Crippen MR) is 151 cm³/mol. The maximum absolute atomic E-state index is 12.6. The van der Waals surface area contributed by atoms with Gasteiger partial charge in [0.25, 0.3) is 5.91 Å². The van der Waals surface area contributed by atoms with Crippen LogP contribution in [0.2, 0.25) is 10.0 Å². The van der Waals surface area contributed by atoms with Crippen molar-refractivity contribution in [3.8, 4) is 28.4 Å². The number of nitrogens with one attached hydrogen (secondary N) is 1. The van der Waals surface area contributed by atoms with Crippen LogP contribution in [-0.2, 0) is 11.2 Å². The monoisotopic (exact) mass is 561 g/mol. The number of carbonyl (C=O) groups excluding carboxylic acids is 1. The first-order chi connectivity index (χ1) is 18.9. The van der Waals surface area contributed by atoms with Crippen LogP contribution in [0.5, 0.6) is 17.2 Å². The second-order valence-electron chi connectivity index (χ2n) is 9.16. The number of benzene rings is 4. The SMILES string of the molecule is O=C(NCCc1ccc(-c2ccccc2)c(Cl)c1)c1ccc(Oc2cc3c(cc2Cl)C(C(=O)O)CCO3)cc1. The fraction of sp³-hybridized carbons (Fsp3) is 0.161. The maximum atomic E-state index is 12.6. The van der Waals surface area contributed by atoms with E-state index >= 15 is 0 Å². The molecule has 1 aliphatic rings. The third kappa shape index (κ3) is 6.19. The Morgan fingerprint density at radius 3 is 2.44 bits per heavy atom. The molecule has 6 nitrogen and oxygen atoms in total. The Morgan fingerprint density at radius 1 is 0.949 bits per heavy atom. The molecule has 2 N–H and O–H groups in total. The number of amides is 1. The Balaban J connectivity index is 1.17. The van der Waals surface area contributed by atoms with E-state index in [2.05, 4.69) is 5.32 Å². The first kappa shape index (κ1) is 26.6. The van der Waals surface area contributed by atoms with Gasteiger partial charge in [-0.3, -0.25) is 9.59 Å². The van der Waals surface area contributed by atoms with Gasteiger partial charge in [-0.05, 0) is 60.4 Å². The zero-order chi connectivity index (χ0) is 27.4. The van der Waals surface area contributed by atoms with Crippen molar-refractivity contribution in [3.05, 3.63) is 112 Å². The minimum atomic E-state index is -0.914. The molecule has 1 aliphatic heterocycles. The lowest BCUT2D eigenvalue weighted by Gasteiger charge is -2.24. The molecule has 0 bridgehead atoms. The Hall–Kier alpha value is -4.00. The molecular weight excluding hydrogens is 537 g/mol. The van der Waals surface area contributed by atoms with Crippen molar-refractivity contribution in [3.63, 3.8) is 0 Å². The summed E-state index contributed by atoms with van der Waals surface area (Å²) in [6, 6.07) is 25.8. The Labute approximate surface area is 236 Å². The largest absolute Gasteiger partial charge is 0.493 e. The van der Waals surface area contributed by atoms with Crippen LogP contribution in [0.25, 0.3) is 11.1 Å². The van der Waals surface area contributed by atoms with Gasteiger partial charge in [0, 0.05) is 34.3 Å². The molecule has 8 heteroatoms. The number of hydrogen-bond donors (Lipinski definition) is 2. The lowest BCUT2D eigenvalue weighted by atomic mass is 9.93. The van der Waals surface area contributed by atoms with Gasteiger partial charge in [-0.15, -0.1) is 0 Å². The number of fused-ring (bicyclic) bond motifs is 1. The van der Waals surface area contributed by atoms with Crippen LogP contribution in [-0.4, -0.2) is 30.1 Å². The highest BCUT2D eigenvalue weighted by Gasteiger charge is 2.29. The third-order valence-electron chi connectivity index (χ3n) is 6.56. The van der Waals surface area contributed by atoms with E-state index in [0.29, 0.717) is 59.4 Å². The molecule has 1 unspecified atom stereocenters. The molecule has 0 saturated heterocycles. The minimum Gasteiger partial charge on any atom is -0.493 e. The van der Waals surface area contributed by atoms with E-state index in [0.717, 1.165) is 16.7 Å². The second-order valence-corrected chi connectivity index (χ2v) is 9.98. The first-order valence-electron chi connectivity index (χ1n) is 12.5. The van der Waals surface area contributed by atoms with Crippen molar-refractivity contribution < 1.29 is 24.2 Å². The van der Waals surface area contributed by atoms with Crippen molar-refractivity contribution >= 4 is 35.1 Å². The lowest BCUT2D eigenvalue weighted by molar-refractivity contribution is -0.139. The van der Waals surface area contributed by atoms with E-state index < -0.39 is 11.9 Å². The van der Waals surface area contributed by atoms with E-state index in [4.69, 9.17) is 32.7 Å². The second kappa shape index (κ2) is 11.8.